The standard InChI is InChI=1S/C13H17N3O/c1-10-4-5-12(7-14)13(16-10)15-8-11-3-2-6-17-9-11/h4-5,11H,2-3,6,8-9H2,1H3,(H,15,16). The maximum atomic E-state index is 8.99. The molecule has 1 aliphatic heterocycles. The molecule has 0 spiro atoms. The van der Waals surface area contributed by atoms with Gasteiger partial charge < -0.3 is 10.1 Å². The number of aryl methyl sites for hydroxylation is 1. The van der Waals surface area contributed by atoms with E-state index in [2.05, 4.69) is 16.4 Å². The van der Waals surface area contributed by atoms with Gasteiger partial charge in [-0.05, 0) is 37.8 Å². The molecule has 90 valence electrons. The van der Waals surface area contributed by atoms with Gasteiger partial charge in [0.2, 0.25) is 0 Å². The minimum Gasteiger partial charge on any atom is -0.381 e. The molecule has 1 atom stereocenters. The van der Waals surface area contributed by atoms with Crippen LogP contribution in [0.3, 0.4) is 0 Å². The molecule has 0 aromatic carbocycles. The number of anilines is 1. The van der Waals surface area contributed by atoms with Crippen LogP contribution in [0.15, 0.2) is 12.1 Å². The van der Waals surface area contributed by atoms with Crippen LogP contribution in [0.1, 0.15) is 24.1 Å². The second-order valence-corrected chi connectivity index (χ2v) is 4.42. The van der Waals surface area contributed by atoms with E-state index in [9.17, 15) is 0 Å². The molecule has 1 saturated heterocycles. The summed E-state index contributed by atoms with van der Waals surface area (Å²) in [5.74, 6) is 1.22. The molecule has 4 heteroatoms. The number of hydrogen-bond donors (Lipinski definition) is 1. The highest BCUT2D eigenvalue weighted by molar-refractivity contribution is 5.52. The van der Waals surface area contributed by atoms with Crippen molar-refractivity contribution in [1.82, 2.24) is 4.98 Å². The van der Waals surface area contributed by atoms with Crippen molar-refractivity contribution in [2.75, 3.05) is 25.1 Å². The minimum absolute atomic E-state index is 0.526. The predicted molar refractivity (Wildman–Crippen MR) is 65.7 cm³/mol. The number of aromatic nitrogens is 1. The monoisotopic (exact) mass is 231 g/mol. The maximum Gasteiger partial charge on any atom is 0.144 e. The topological polar surface area (TPSA) is 57.9 Å². The molecule has 2 heterocycles. The van der Waals surface area contributed by atoms with Crippen molar-refractivity contribution >= 4 is 5.82 Å². The highest BCUT2D eigenvalue weighted by Gasteiger charge is 2.14. The molecule has 1 aromatic heterocycles. The molecular formula is C13H17N3O. The van der Waals surface area contributed by atoms with E-state index in [-0.39, 0.29) is 0 Å². The van der Waals surface area contributed by atoms with Crippen molar-refractivity contribution in [3.63, 3.8) is 0 Å². The summed E-state index contributed by atoms with van der Waals surface area (Å²) < 4.78 is 5.43. The average molecular weight is 231 g/mol. The Morgan fingerprint density at radius 2 is 2.47 bits per heavy atom. The Labute approximate surface area is 102 Å². The fraction of sp³-hybridized carbons (Fsp3) is 0.538. The zero-order chi connectivity index (χ0) is 12.1. The van der Waals surface area contributed by atoms with E-state index in [1.807, 2.05) is 19.1 Å². The van der Waals surface area contributed by atoms with Gasteiger partial charge >= 0.3 is 0 Å². The molecule has 1 N–H and O–H groups in total. The van der Waals surface area contributed by atoms with Gasteiger partial charge in [0, 0.05) is 18.8 Å². The van der Waals surface area contributed by atoms with Crippen molar-refractivity contribution in [2.24, 2.45) is 5.92 Å². The zero-order valence-corrected chi connectivity index (χ0v) is 10.1. The Kier molecular flexibility index (Phi) is 3.94. The number of nitriles is 1. The smallest absolute Gasteiger partial charge is 0.144 e. The Hall–Kier alpha value is -1.60. The molecule has 0 bridgehead atoms. The lowest BCUT2D eigenvalue weighted by Gasteiger charge is -2.22. The lowest BCUT2D eigenvalue weighted by Crippen LogP contribution is -2.24. The number of ether oxygens (including phenoxy) is 1. The van der Waals surface area contributed by atoms with E-state index < -0.39 is 0 Å². The van der Waals surface area contributed by atoms with Crippen molar-refractivity contribution < 1.29 is 4.74 Å². The Morgan fingerprint density at radius 1 is 1.59 bits per heavy atom. The third-order valence-electron chi connectivity index (χ3n) is 2.97. The second-order valence-electron chi connectivity index (χ2n) is 4.42. The molecule has 2 rings (SSSR count). The van der Waals surface area contributed by atoms with E-state index in [1.54, 1.807) is 0 Å². The summed E-state index contributed by atoms with van der Waals surface area (Å²) in [6, 6.07) is 5.82. The number of nitrogens with zero attached hydrogens (tertiary/aromatic N) is 2. The minimum atomic E-state index is 0.526. The van der Waals surface area contributed by atoms with Crippen LogP contribution < -0.4 is 5.32 Å². The van der Waals surface area contributed by atoms with Gasteiger partial charge in [-0.1, -0.05) is 0 Å². The van der Waals surface area contributed by atoms with Crippen molar-refractivity contribution in [3.05, 3.63) is 23.4 Å². The molecule has 0 saturated carbocycles. The van der Waals surface area contributed by atoms with Gasteiger partial charge in [-0.15, -0.1) is 0 Å². The fourth-order valence-corrected chi connectivity index (χ4v) is 1.99. The lowest BCUT2D eigenvalue weighted by molar-refractivity contribution is 0.0595. The third kappa shape index (κ3) is 3.18. The molecule has 1 fully saturated rings. The Bertz CT molecular complexity index is 419. The molecule has 0 radical (unpaired) electrons. The summed E-state index contributed by atoms with van der Waals surface area (Å²) in [7, 11) is 0. The molecule has 0 aliphatic carbocycles. The van der Waals surface area contributed by atoms with Crippen LogP contribution in [0.25, 0.3) is 0 Å². The average Bonchev–Trinajstić information content (AvgIpc) is 2.38. The van der Waals surface area contributed by atoms with Crippen LogP contribution in [0, 0.1) is 24.2 Å². The normalized spacial score (nSPS) is 19.6. The first-order valence-corrected chi connectivity index (χ1v) is 5.99. The molecular weight excluding hydrogens is 214 g/mol. The largest absolute Gasteiger partial charge is 0.381 e. The van der Waals surface area contributed by atoms with Crippen LogP contribution >= 0.6 is 0 Å². The van der Waals surface area contributed by atoms with Crippen LogP contribution in [0.2, 0.25) is 0 Å². The first-order valence-electron chi connectivity index (χ1n) is 5.99. The van der Waals surface area contributed by atoms with E-state index >= 15 is 0 Å². The molecule has 4 nitrogen and oxygen atoms in total. The summed E-state index contributed by atoms with van der Waals surface area (Å²) in [5, 5.41) is 12.3. The summed E-state index contributed by atoms with van der Waals surface area (Å²) in [6.07, 6.45) is 2.30. The molecule has 1 unspecified atom stereocenters. The van der Waals surface area contributed by atoms with Crippen LogP contribution in [0.4, 0.5) is 5.82 Å². The van der Waals surface area contributed by atoms with Gasteiger partial charge in [0.05, 0.1) is 12.2 Å². The molecule has 1 aromatic rings. The fourth-order valence-electron chi connectivity index (χ4n) is 1.99. The van der Waals surface area contributed by atoms with E-state index in [0.717, 1.165) is 31.9 Å². The number of pyridine rings is 1. The number of hydrogen-bond acceptors (Lipinski definition) is 4. The highest BCUT2D eigenvalue weighted by atomic mass is 16.5. The number of nitrogens with one attached hydrogen (secondary N) is 1. The van der Waals surface area contributed by atoms with Crippen molar-refractivity contribution in [3.8, 4) is 6.07 Å². The van der Waals surface area contributed by atoms with Gasteiger partial charge in [-0.2, -0.15) is 5.26 Å². The third-order valence-corrected chi connectivity index (χ3v) is 2.97. The van der Waals surface area contributed by atoms with Gasteiger partial charge in [0.25, 0.3) is 0 Å². The van der Waals surface area contributed by atoms with Crippen molar-refractivity contribution in [1.29, 1.82) is 5.26 Å². The summed E-state index contributed by atoms with van der Waals surface area (Å²) in [5.41, 5.74) is 1.53. The maximum absolute atomic E-state index is 8.99. The first-order chi connectivity index (χ1) is 8.29. The predicted octanol–water partition coefficient (Wildman–Crippen LogP) is 2.10. The summed E-state index contributed by atoms with van der Waals surface area (Å²) >= 11 is 0. The van der Waals surface area contributed by atoms with Gasteiger partial charge in [0.15, 0.2) is 0 Å². The van der Waals surface area contributed by atoms with Crippen LogP contribution in [-0.2, 0) is 4.74 Å². The van der Waals surface area contributed by atoms with Crippen LogP contribution in [0.5, 0.6) is 0 Å². The molecule has 17 heavy (non-hydrogen) atoms. The Morgan fingerprint density at radius 3 is 3.18 bits per heavy atom. The molecule has 0 amide bonds. The lowest BCUT2D eigenvalue weighted by atomic mass is 10.0. The quantitative estimate of drug-likeness (QED) is 0.865. The van der Waals surface area contributed by atoms with Gasteiger partial charge in [0.1, 0.15) is 11.9 Å². The van der Waals surface area contributed by atoms with E-state index in [4.69, 9.17) is 10.00 Å². The van der Waals surface area contributed by atoms with Gasteiger partial charge in [-0.3, -0.25) is 0 Å². The second kappa shape index (κ2) is 5.65. The van der Waals surface area contributed by atoms with Gasteiger partial charge in [-0.25, -0.2) is 4.98 Å². The summed E-state index contributed by atoms with van der Waals surface area (Å²) in [6.45, 7) is 4.44. The zero-order valence-electron chi connectivity index (χ0n) is 10.1. The van der Waals surface area contributed by atoms with E-state index in [0.29, 0.717) is 17.3 Å². The SMILES string of the molecule is Cc1ccc(C#N)c(NCC2CCCOC2)n1. The van der Waals surface area contributed by atoms with E-state index in [1.165, 1.54) is 6.42 Å². The molecule has 1 aliphatic rings. The van der Waals surface area contributed by atoms with Crippen molar-refractivity contribution in [2.45, 2.75) is 19.8 Å². The summed E-state index contributed by atoms with van der Waals surface area (Å²) in [4.78, 5) is 4.35. The highest BCUT2D eigenvalue weighted by Crippen LogP contribution is 2.16. The van der Waals surface area contributed by atoms with Crippen LogP contribution in [-0.4, -0.2) is 24.7 Å². The first kappa shape index (κ1) is 11.9. The number of rotatable bonds is 3. The Balaban J connectivity index is 1.98.